The normalized spacial score (nSPS) is 15.9. The first kappa shape index (κ1) is 20.6. The van der Waals surface area contributed by atoms with Gasteiger partial charge in [0.15, 0.2) is 0 Å². The lowest BCUT2D eigenvalue weighted by Gasteiger charge is -2.38. The molecule has 1 saturated heterocycles. The number of esters is 1. The molecule has 0 bridgehead atoms. The molecule has 0 aromatic heterocycles. The van der Waals surface area contributed by atoms with Gasteiger partial charge in [0, 0.05) is 12.1 Å². The molecule has 0 unspecified atom stereocenters. The van der Waals surface area contributed by atoms with E-state index in [4.69, 9.17) is 4.74 Å². The SMILES string of the molecule is C=CCN(CC(=C)OC(=O)C(=C)C)C(=O)C1(CC=C)SCCCS1. The first-order valence-electron chi connectivity index (χ1n) is 7.71. The van der Waals surface area contributed by atoms with E-state index in [2.05, 4.69) is 26.3 Å². The third-order valence-electron chi connectivity index (χ3n) is 3.29. The summed E-state index contributed by atoms with van der Waals surface area (Å²) >= 11 is 3.32. The molecule has 0 atom stereocenters. The van der Waals surface area contributed by atoms with Gasteiger partial charge in [-0.2, -0.15) is 0 Å². The summed E-state index contributed by atoms with van der Waals surface area (Å²) in [4.78, 5) is 26.4. The molecule has 0 saturated carbocycles. The van der Waals surface area contributed by atoms with Crippen molar-refractivity contribution < 1.29 is 14.3 Å². The van der Waals surface area contributed by atoms with Crippen LogP contribution in [0.3, 0.4) is 0 Å². The summed E-state index contributed by atoms with van der Waals surface area (Å²) in [5.41, 5.74) is 0.291. The maximum absolute atomic E-state index is 13.1. The van der Waals surface area contributed by atoms with Crippen molar-refractivity contribution in [3.05, 3.63) is 49.8 Å². The number of allylic oxidation sites excluding steroid dienone is 1. The molecule has 1 fully saturated rings. The van der Waals surface area contributed by atoms with Crippen LogP contribution in [0.15, 0.2) is 49.8 Å². The molecule has 0 radical (unpaired) electrons. The Morgan fingerprint density at radius 3 is 2.33 bits per heavy atom. The molecule has 1 amide bonds. The van der Waals surface area contributed by atoms with Gasteiger partial charge in [-0.25, -0.2) is 4.79 Å². The Balaban J connectivity index is 2.88. The van der Waals surface area contributed by atoms with E-state index in [1.54, 1.807) is 47.5 Å². The fourth-order valence-electron chi connectivity index (χ4n) is 2.17. The maximum atomic E-state index is 13.1. The van der Waals surface area contributed by atoms with Crippen molar-refractivity contribution in [3.63, 3.8) is 0 Å². The Labute approximate surface area is 153 Å². The van der Waals surface area contributed by atoms with Crippen LogP contribution in [0.5, 0.6) is 0 Å². The fraction of sp³-hybridized carbons (Fsp3) is 0.444. The van der Waals surface area contributed by atoms with Crippen molar-refractivity contribution in [2.45, 2.75) is 23.8 Å². The van der Waals surface area contributed by atoms with Crippen molar-refractivity contribution in [3.8, 4) is 0 Å². The summed E-state index contributed by atoms with van der Waals surface area (Å²) < 4.78 is 4.56. The fourth-order valence-corrected chi connectivity index (χ4v) is 5.40. The van der Waals surface area contributed by atoms with Gasteiger partial charge in [-0.3, -0.25) is 4.79 Å². The summed E-state index contributed by atoms with van der Waals surface area (Å²) in [5, 5.41) is 0. The number of carbonyl (C=O) groups is 2. The highest BCUT2D eigenvalue weighted by molar-refractivity contribution is 8.19. The van der Waals surface area contributed by atoms with Gasteiger partial charge in [-0.05, 0) is 31.3 Å². The van der Waals surface area contributed by atoms with Crippen LogP contribution in [0, 0.1) is 0 Å². The monoisotopic (exact) mass is 367 g/mol. The molecule has 1 aliphatic rings. The molecule has 24 heavy (non-hydrogen) atoms. The highest BCUT2D eigenvalue weighted by Gasteiger charge is 2.42. The van der Waals surface area contributed by atoms with Crippen LogP contribution in [-0.4, -0.2) is 45.5 Å². The zero-order valence-corrected chi connectivity index (χ0v) is 15.8. The van der Waals surface area contributed by atoms with Gasteiger partial charge in [0.2, 0.25) is 5.91 Å². The lowest BCUT2D eigenvalue weighted by molar-refractivity contribution is -0.137. The van der Waals surface area contributed by atoms with E-state index >= 15 is 0 Å². The van der Waals surface area contributed by atoms with Gasteiger partial charge in [-0.1, -0.05) is 25.3 Å². The Hall–Kier alpha value is -1.40. The molecule has 0 N–H and O–H groups in total. The minimum absolute atomic E-state index is 0.00970. The van der Waals surface area contributed by atoms with Gasteiger partial charge in [-0.15, -0.1) is 36.7 Å². The molecule has 0 aromatic rings. The molecule has 132 valence electrons. The first-order chi connectivity index (χ1) is 11.4. The van der Waals surface area contributed by atoms with Crippen LogP contribution in [0.1, 0.15) is 19.8 Å². The second-order valence-electron chi connectivity index (χ2n) is 5.48. The predicted octanol–water partition coefficient (Wildman–Crippen LogP) is 3.78. The Kier molecular flexibility index (Phi) is 8.42. The molecule has 6 heteroatoms. The van der Waals surface area contributed by atoms with Crippen molar-refractivity contribution in [2.75, 3.05) is 24.6 Å². The van der Waals surface area contributed by atoms with E-state index < -0.39 is 10.0 Å². The quantitative estimate of drug-likeness (QED) is 0.269. The van der Waals surface area contributed by atoms with Crippen molar-refractivity contribution in [2.24, 2.45) is 0 Å². The minimum atomic E-state index is -0.568. The molecule has 0 aliphatic carbocycles. The number of rotatable bonds is 9. The minimum Gasteiger partial charge on any atom is -0.426 e. The second kappa shape index (κ2) is 9.79. The number of amides is 1. The number of carbonyl (C=O) groups excluding carboxylic acids is 2. The van der Waals surface area contributed by atoms with Crippen molar-refractivity contribution >= 4 is 35.4 Å². The van der Waals surface area contributed by atoms with Crippen LogP contribution < -0.4 is 0 Å². The average molecular weight is 368 g/mol. The molecule has 1 rings (SSSR count). The molecular weight excluding hydrogens is 342 g/mol. The highest BCUT2D eigenvalue weighted by atomic mass is 32.2. The lowest BCUT2D eigenvalue weighted by Crippen LogP contribution is -2.47. The molecule has 0 aromatic carbocycles. The zero-order valence-electron chi connectivity index (χ0n) is 14.2. The molecule has 0 spiro atoms. The lowest BCUT2D eigenvalue weighted by atomic mass is 10.2. The van der Waals surface area contributed by atoms with Crippen LogP contribution in [0.25, 0.3) is 0 Å². The van der Waals surface area contributed by atoms with Crippen molar-refractivity contribution in [1.29, 1.82) is 0 Å². The van der Waals surface area contributed by atoms with Crippen LogP contribution >= 0.6 is 23.5 Å². The number of hydrogen-bond acceptors (Lipinski definition) is 5. The molecule has 1 heterocycles. The summed E-state index contributed by atoms with van der Waals surface area (Å²) in [6.07, 6.45) is 5.12. The van der Waals surface area contributed by atoms with E-state index in [0.29, 0.717) is 18.5 Å². The average Bonchev–Trinajstić information content (AvgIpc) is 2.54. The summed E-state index contributed by atoms with van der Waals surface area (Å²) in [7, 11) is 0. The third-order valence-corrected chi connectivity index (χ3v) is 6.60. The molecule has 4 nitrogen and oxygen atoms in total. The number of hydrogen-bond donors (Lipinski definition) is 0. The van der Waals surface area contributed by atoms with Gasteiger partial charge in [0.1, 0.15) is 9.84 Å². The number of nitrogens with zero attached hydrogens (tertiary/aromatic N) is 1. The largest absolute Gasteiger partial charge is 0.426 e. The van der Waals surface area contributed by atoms with Crippen molar-refractivity contribution in [1.82, 2.24) is 4.90 Å². The first-order valence-corrected chi connectivity index (χ1v) is 9.68. The van der Waals surface area contributed by atoms with Crippen LogP contribution in [0.4, 0.5) is 0 Å². The van der Waals surface area contributed by atoms with E-state index in [9.17, 15) is 9.59 Å². The second-order valence-corrected chi connectivity index (χ2v) is 8.53. The van der Waals surface area contributed by atoms with E-state index in [1.807, 2.05) is 0 Å². The predicted molar refractivity (Wildman–Crippen MR) is 104 cm³/mol. The van der Waals surface area contributed by atoms with Crippen LogP contribution in [0.2, 0.25) is 0 Å². The standard InChI is InChI=1S/C18H25NO3S2/c1-6-9-18(23-11-8-12-24-18)17(21)19(10-7-2)13-15(5)22-16(20)14(3)4/h6-7H,1-3,5,8-13H2,4H3. The topological polar surface area (TPSA) is 46.6 Å². The third kappa shape index (κ3) is 5.60. The molecule has 1 aliphatic heterocycles. The number of thioether (sulfide) groups is 2. The number of ether oxygens (including phenoxy) is 1. The van der Waals surface area contributed by atoms with E-state index in [0.717, 1.165) is 17.9 Å². The maximum Gasteiger partial charge on any atom is 0.338 e. The van der Waals surface area contributed by atoms with Gasteiger partial charge in [0.05, 0.1) is 6.54 Å². The van der Waals surface area contributed by atoms with Crippen LogP contribution in [-0.2, 0) is 14.3 Å². The Bertz CT molecular complexity index is 536. The summed E-state index contributed by atoms with van der Waals surface area (Å²) in [6, 6.07) is 0. The zero-order chi connectivity index (χ0) is 18.2. The Morgan fingerprint density at radius 2 is 1.83 bits per heavy atom. The van der Waals surface area contributed by atoms with Gasteiger partial charge < -0.3 is 9.64 Å². The summed E-state index contributed by atoms with van der Waals surface area (Å²) in [6.45, 7) is 16.9. The smallest absolute Gasteiger partial charge is 0.338 e. The van der Waals surface area contributed by atoms with Gasteiger partial charge >= 0.3 is 5.97 Å². The Morgan fingerprint density at radius 1 is 1.21 bits per heavy atom. The van der Waals surface area contributed by atoms with Gasteiger partial charge in [0.25, 0.3) is 0 Å². The van der Waals surface area contributed by atoms with E-state index in [1.165, 1.54) is 0 Å². The summed E-state index contributed by atoms with van der Waals surface area (Å²) in [5.74, 6) is 1.57. The highest BCUT2D eigenvalue weighted by Crippen LogP contribution is 2.46. The van der Waals surface area contributed by atoms with E-state index in [-0.39, 0.29) is 18.2 Å². The molecular formula is C18H25NO3S2.